The second-order valence-electron chi connectivity index (χ2n) is 5.23. The molecule has 1 atom stereocenters. The summed E-state index contributed by atoms with van der Waals surface area (Å²) in [5, 5.41) is 8.22. The zero-order chi connectivity index (χ0) is 16.4. The number of nitrogens with one attached hydrogen (secondary N) is 3. The van der Waals surface area contributed by atoms with Crippen LogP contribution >= 0.6 is 0 Å². The number of hydrogen-bond donors (Lipinski definition) is 3. The molecule has 3 amide bonds. The van der Waals surface area contributed by atoms with Crippen molar-refractivity contribution in [2.75, 3.05) is 33.7 Å². The molecular weight excluding hydrogens is 284 g/mol. The molecule has 7 nitrogen and oxygen atoms in total. The van der Waals surface area contributed by atoms with E-state index in [9.17, 15) is 9.59 Å². The van der Waals surface area contributed by atoms with Gasteiger partial charge in [0, 0.05) is 26.1 Å². The van der Waals surface area contributed by atoms with Crippen molar-refractivity contribution >= 4 is 11.9 Å². The summed E-state index contributed by atoms with van der Waals surface area (Å²) in [5.74, 6) is 0.744. The normalized spacial score (nSPS) is 12.0. The lowest BCUT2D eigenvalue weighted by Gasteiger charge is -2.22. The van der Waals surface area contributed by atoms with E-state index >= 15 is 0 Å². The van der Waals surface area contributed by atoms with Crippen LogP contribution in [-0.2, 0) is 4.79 Å². The third-order valence-corrected chi connectivity index (χ3v) is 3.16. The Morgan fingerprint density at radius 3 is 2.59 bits per heavy atom. The van der Waals surface area contributed by atoms with Crippen molar-refractivity contribution in [1.82, 2.24) is 20.9 Å². The number of hydrogen-bond acceptors (Lipinski definition) is 4. The highest BCUT2D eigenvalue weighted by molar-refractivity contribution is 5.78. The molecule has 7 heteroatoms. The summed E-state index contributed by atoms with van der Waals surface area (Å²) in [6, 6.07) is 3.37. The summed E-state index contributed by atoms with van der Waals surface area (Å²) in [6.45, 7) is 3.40. The fourth-order valence-corrected chi connectivity index (χ4v) is 1.91. The topological polar surface area (TPSA) is 86.6 Å². The highest BCUT2D eigenvalue weighted by atomic mass is 16.3. The molecule has 1 unspecified atom stereocenters. The minimum atomic E-state index is -0.290. The van der Waals surface area contributed by atoms with Gasteiger partial charge in [-0.2, -0.15) is 0 Å². The maximum Gasteiger partial charge on any atom is 0.314 e. The molecule has 1 aromatic heterocycles. The first kappa shape index (κ1) is 18.0. The summed E-state index contributed by atoms with van der Waals surface area (Å²) in [5.41, 5.74) is 0. The number of carbonyl (C=O) groups is 2. The maximum atomic E-state index is 11.7. The van der Waals surface area contributed by atoms with Crippen LogP contribution in [0.25, 0.3) is 0 Å². The number of amides is 3. The molecule has 0 aliphatic rings. The molecule has 124 valence electrons. The van der Waals surface area contributed by atoms with Crippen LogP contribution in [0.1, 0.15) is 31.6 Å². The first-order valence-corrected chi connectivity index (χ1v) is 7.52. The molecule has 0 radical (unpaired) electrons. The quantitative estimate of drug-likeness (QED) is 0.637. The molecule has 0 fully saturated rings. The third kappa shape index (κ3) is 6.62. The molecule has 22 heavy (non-hydrogen) atoms. The van der Waals surface area contributed by atoms with Crippen LogP contribution in [0.2, 0.25) is 0 Å². The zero-order valence-corrected chi connectivity index (χ0v) is 13.5. The van der Waals surface area contributed by atoms with Crippen molar-refractivity contribution in [3.63, 3.8) is 0 Å². The van der Waals surface area contributed by atoms with Crippen LogP contribution in [0.4, 0.5) is 4.79 Å². The molecule has 0 spiro atoms. The molecule has 3 N–H and O–H groups in total. The van der Waals surface area contributed by atoms with E-state index in [1.165, 1.54) is 0 Å². The molecule has 0 aliphatic carbocycles. The monoisotopic (exact) mass is 310 g/mol. The van der Waals surface area contributed by atoms with Gasteiger partial charge < -0.3 is 20.4 Å². The smallest absolute Gasteiger partial charge is 0.314 e. The number of furan rings is 1. The van der Waals surface area contributed by atoms with Crippen LogP contribution in [-0.4, -0.2) is 50.6 Å². The zero-order valence-electron chi connectivity index (χ0n) is 13.5. The van der Waals surface area contributed by atoms with Crippen LogP contribution in [0.5, 0.6) is 0 Å². The highest BCUT2D eigenvalue weighted by Gasteiger charge is 2.17. The predicted molar refractivity (Wildman–Crippen MR) is 84.5 cm³/mol. The van der Waals surface area contributed by atoms with Crippen molar-refractivity contribution in [3.8, 4) is 0 Å². The Morgan fingerprint density at radius 1 is 1.23 bits per heavy atom. The average molecular weight is 310 g/mol. The molecule has 0 saturated carbocycles. The van der Waals surface area contributed by atoms with Crippen LogP contribution in [0, 0.1) is 0 Å². The molecule has 0 aromatic carbocycles. The molecule has 1 heterocycles. The van der Waals surface area contributed by atoms with Gasteiger partial charge in [-0.1, -0.05) is 6.92 Å². The molecule has 1 aromatic rings. The molecule has 0 saturated heterocycles. The van der Waals surface area contributed by atoms with Crippen LogP contribution in [0.15, 0.2) is 22.8 Å². The summed E-state index contributed by atoms with van der Waals surface area (Å²) < 4.78 is 5.37. The lowest BCUT2D eigenvalue weighted by Crippen LogP contribution is -2.41. The molecular formula is C15H26N4O3. The van der Waals surface area contributed by atoms with Crippen molar-refractivity contribution in [3.05, 3.63) is 24.2 Å². The minimum absolute atomic E-state index is 0.0337. The number of rotatable bonds is 9. The number of likely N-dealkylation sites (N-methyl/N-ethyl adjacent to an activating group) is 1. The predicted octanol–water partition coefficient (Wildman–Crippen LogP) is 1.10. The van der Waals surface area contributed by atoms with Gasteiger partial charge >= 0.3 is 6.03 Å². The Labute approximate surface area is 131 Å². The van der Waals surface area contributed by atoms with E-state index in [4.69, 9.17) is 4.42 Å². The van der Waals surface area contributed by atoms with E-state index in [2.05, 4.69) is 16.0 Å². The van der Waals surface area contributed by atoms with Gasteiger partial charge in [0.25, 0.3) is 0 Å². The van der Waals surface area contributed by atoms with Crippen molar-refractivity contribution < 1.29 is 14.0 Å². The molecule has 0 bridgehead atoms. The van der Waals surface area contributed by atoms with Crippen LogP contribution in [0.3, 0.4) is 0 Å². The first-order chi connectivity index (χ1) is 10.5. The Bertz CT molecular complexity index is 446. The second-order valence-corrected chi connectivity index (χ2v) is 5.23. The van der Waals surface area contributed by atoms with Gasteiger partial charge in [-0.25, -0.2) is 4.79 Å². The Hall–Kier alpha value is -2.02. The van der Waals surface area contributed by atoms with Crippen molar-refractivity contribution in [1.29, 1.82) is 0 Å². The Kier molecular flexibility index (Phi) is 8.06. The fourth-order valence-electron chi connectivity index (χ4n) is 1.91. The maximum absolute atomic E-state index is 11.7. The third-order valence-electron chi connectivity index (χ3n) is 3.16. The number of nitrogens with zero attached hydrogens (tertiary/aromatic N) is 1. The fraction of sp³-hybridized carbons (Fsp3) is 0.600. The van der Waals surface area contributed by atoms with Gasteiger partial charge in [-0.05, 0) is 32.6 Å². The van der Waals surface area contributed by atoms with E-state index in [1.54, 1.807) is 6.26 Å². The molecule has 1 rings (SSSR count). The summed E-state index contributed by atoms with van der Waals surface area (Å²) in [7, 11) is 3.84. The van der Waals surface area contributed by atoms with Gasteiger partial charge in [0.2, 0.25) is 5.91 Å². The van der Waals surface area contributed by atoms with E-state index in [0.29, 0.717) is 19.6 Å². The minimum Gasteiger partial charge on any atom is -0.468 e. The van der Waals surface area contributed by atoms with E-state index < -0.39 is 0 Å². The first-order valence-electron chi connectivity index (χ1n) is 7.52. The van der Waals surface area contributed by atoms with Gasteiger partial charge in [0.15, 0.2) is 0 Å². The van der Waals surface area contributed by atoms with E-state index in [0.717, 1.165) is 12.2 Å². The summed E-state index contributed by atoms with van der Waals surface area (Å²) in [6.07, 6.45) is 2.79. The van der Waals surface area contributed by atoms with Gasteiger partial charge in [0.1, 0.15) is 5.76 Å². The average Bonchev–Trinajstić information content (AvgIpc) is 2.99. The van der Waals surface area contributed by atoms with E-state index in [-0.39, 0.29) is 24.4 Å². The Balaban J connectivity index is 2.25. The highest BCUT2D eigenvalue weighted by Crippen LogP contribution is 2.17. The van der Waals surface area contributed by atoms with Gasteiger partial charge in [-0.15, -0.1) is 0 Å². The Morgan fingerprint density at radius 2 is 2.00 bits per heavy atom. The lowest BCUT2D eigenvalue weighted by atomic mass is 10.2. The van der Waals surface area contributed by atoms with Crippen molar-refractivity contribution in [2.24, 2.45) is 0 Å². The van der Waals surface area contributed by atoms with Crippen LogP contribution < -0.4 is 16.0 Å². The summed E-state index contributed by atoms with van der Waals surface area (Å²) in [4.78, 5) is 25.1. The molecule has 0 aliphatic heterocycles. The SMILES string of the molecule is CCCNC(=O)CCNC(=O)NCC(c1ccco1)N(C)C. The van der Waals surface area contributed by atoms with Crippen molar-refractivity contribution in [2.45, 2.75) is 25.8 Å². The standard InChI is InChI=1S/C15H26N4O3/c1-4-8-16-14(20)7-9-17-15(21)18-11-12(19(2)3)13-6-5-10-22-13/h5-6,10,12H,4,7-9,11H2,1-3H3,(H,16,20)(H2,17,18,21). The van der Waals surface area contributed by atoms with E-state index in [1.807, 2.05) is 38.1 Å². The lowest BCUT2D eigenvalue weighted by molar-refractivity contribution is -0.120. The second kappa shape index (κ2) is 9.83. The largest absolute Gasteiger partial charge is 0.468 e. The van der Waals surface area contributed by atoms with Gasteiger partial charge in [0.05, 0.1) is 12.3 Å². The van der Waals surface area contributed by atoms with Gasteiger partial charge in [-0.3, -0.25) is 9.69 Å². The number of urea groups is 1. The summed E-state index contributed by atoms with van der Waals surface area (Å²) >= 11 is 0. The number of carbonyl (C=O) groups excluding carboxylic acids is 2.